The fourth-order valence-corrected chi connectivity index (χ4v) is 4.11. The van der Waals surface area contributed by atoms with E-state index >= 15 is 0 Å². The van der Waals surface area contributed by atoms with Crippen LogP contribution in [0.25, 0.3) is 5.69 Å². The van der Waals surface area contributed by atoms with Crippen LogP contribution < -0.4 is 0 Å². The Kier molecular flexibility index (Phi) is 6.04. The Labute approximate surface area is 200 Å². The molecule has 0 saturated heterocycles. The van der Waals surface area contributed by atoms with Crippen LogP contribution in [0.15, 0.2) is 54.9 Å². The van der Waals surface area contributed by atoms with Gasteiger partial charge in [-0.3, -0.25) is 0 Å². The molecule has 0 atom stereocenters. The van der Waals surface area contributed by atoms with E-state index in [9.17, 15) is 19.0 Å². The summed E-state index contributed by atoms with van der Waals surface area (Å²) in [5.41, 5.74) is -2.02. The van der Waals surface area contributed by atoms with E-state index < -0.39 is 17.2 Å². The highest BCUT2D eigenvalue weighted by atomic mass is 35.5. The highest BCUT2D eigenvalue weighted by Crippen LogP contribution is 2.38. The Hall–Kier alpha value is -2.42. The van der Waals surface area contributed by atoms with Gasteiger partial charge in [0.2, 0.25) is 0 Å². The number of nitrogens with zero attached hydrogens (tertiary/aromatic N) is 3. The fourth-order valence-electron chi connectivity index (χ4n) is 3.19. The van der Waals surface area contributed by atoms with Crippen molar-refractivity contribution in [1.29, 1.82) is 0 Å². The number of phenolic OH excluding ortho intramolecular Hbond substituents is 1. The molecule has 0 spiro atoms. The van der Waals surface area contributed by atoms with Crippen molar-refractivity contribution in [2.75, 3.05) is 0 Å². The van der Waals surface area contributed by atoms with Crippen LogP contribution in [-0.2, 0) is 5.60 Å². The number of aromatic nitrogens is 3. The van der Waals surface area contributed by atoms with Gasteiger partial charge in [0.15, 0.2) is 17.2 Å². The second kappa shape index (κ2) is 8.50. The minimum atomic E-state index is -2.23. The van der Waals surface area contributed by atoms with E-state index in [2.05, 4.69) is 10.1 Å². The van der Waals surface area contributed by atoms with Gasteiger partial charge >= 0.3 is 0 Å². The average Bonchev–Trinajstić information content (AvgIpc) is 3.20. The zero-order chi connectivity index (χ0) is 23.2. The van der Waals surface area contributed by atoms with Crippen LogP contribution >= 0.6 is 46.4 Å². The summed E-state index contributed by atoms with van der Waals surface area (Å²) in [6.07, 6.45) is 1.24. The third-order valence-corrected chi connectivity index (χ3v) is 5.65. The predicted octanol–water partition coefficient (Wildman–Crippen LogP) is 6.15. The Balaban J connectivity index is 1.94. The smallest absolute Gasteiger partial charge is 0.192 e. The van der Waals surface area contributed by atoms with Crippen molar-refractivity contribution >= 4 is 46.4 Å². The van der Waals surface area contributed by atoms with Crippen LogP contribution in [0.5, 0.6) is 5.75 Å². The molecule has 0 aliphatic rings. The van der Waals surface area contributed by atoms with Crippen molar-refractivity contribution in [3.63, 3.8) is 0 Å². The number of aliphatic hydroxyl groups is 1. The van der Waals surface area contributed by atoms with Crippen molar-refractivity contribution in [2.45, 2.75) is 5.60 Å². The van der Waals surface area contributed by atoms with Gasteiger partial charge in [-0.05, 0) is 48.5 Å². The molecule has 5 nitrogen and oxygen atoms in total. The largest absolute Gasteiger partial charge is 0.505 e. The maximum absolute atomic E-state index is 14.2. The van der Waals surface area contributed by atoms with E-state index in [0.29, 0.717) is 5.69 Å². The Bertz CT molecular complexity index is 1230. The second-order valence-corrected chi connectivity index (χ2v) is 8.48. The lowest BCUT2D eigenvalue weighted by atomic mass is 9.85. The molecular formula is C21H11Cl4F2N3O2. The molecule has 0 saturated carbocycles. The van der Waals surface area contributed by atoms with Crippen molar-refractivity contribution in [1.82, 2.24) is 14.8 Å². The molecule has 4 rings (SSSR count). The van der Waals surface area contributed by atoms with E-state index in [1.165, 1.54) is 35.3 Å². The minimum absolute atomic E-state index is 0.00236. The molecule has 0 bridgehead atoms. The van der Waals surface area contributed by atoms with E-state index in [4.69, 9.17) is 46.4 Å². The SMILES string of the molecule is Oc1c(Cl)cc(-n2cnc(C(O)(c3cc(F)cc(Cl)c3)c3cc(F)cc(Cl)c3)n2)cc1Cl. The second-order valence-electron chi connectivity index (χ2n) is 6.80. The van der Waals surface area contributed by atoms with Crippen LogP contribution in [0.1, 0.15) is 17.0 Å². The highest BCUT2D eigenvalue weighted by molar-refractivity contribution is 6.37. The van der Waals surface area contributed by atoms with Gasteiger partial charge in [0.1, 0.15) is 18.0 Å². The molecule has 1 aromatic heterocycles. The van der Waals surface area contributed by atoms with Gasteiger partial charge in [-0.1, -0.05) is 46.4 Å². The van der Waals surface area contributed by atoms with E-state index in [1.54, 1.807) is 0 Å². The lowest BCUT2D eigenvalue weighted by Crippen LogP contribution is -2.31. The van der Waals surface area contributed by atoms with E-state index in [0.717, 1.165) is 24.3 Å². The molecule has 0 radical (unpaired) electrons. The van der Waals surface area contributed by atoms with Crippen molar-refractivity contribution < 1.29 is 19.0 Å². The topological polar surface area (TPSA) is 71.2 Å². The summed E-state index contributed by atoms with van der Waals surface area (Å²) in [7, 11) is 0. The third kappa shape index (κ3) is 4.14. The Morgan fingerprint density at radius 1 is 0.781 bits per heavy atom. The molecule has 3 aromatic carbocycles. The number of rotatable bonds is 4. The van der Waals surface area contributed by atoms with Crippen LogP contribution in [0, 0.1) is 11.6 Å². The Morgan fingerprint density at radius 2 is 1.28 bits per heavy atom. The zero-order valence-corrected chi connectivity index (χ0v) is 18.7. The summed E-state index contributed by atoms with van der Waals surface area (Å²) in [6.45, 7) is 0. The molecule has 0 amide bonds. The van der Waals surface area contributed by atoms with Gasteiger partial charge in [-0.15, -0.1) is 5.10 Å². The molecule has 1 heterocycles. The Morgan fingerprint density at radius 3 is 1.75 bits per heavy atom. The average molecular weight is 517 g/mol. The number of hydrogen-bond donors (Lipinski definition) is 2. The maximum Gasteiger partial charge on any atom is 0.192 e. The molecule has 0 aliphatic carbocycles. The summed E-state index contributed by atoms with van der Waals surface area (Å²) in [6, 6.07) is 9.51. The molecule has 11 heteroatoms. The number of hydrogen-bond acceptors (Lipinski definition) is 4. The maximum atomic E-state index is 14.2. The van der Waals surface area contributed by atoms with Crippen LogP contribution in [0.3, 0.4) is 0 Å². The van der Waals surface area contributed by atoms with Gasteiger partial charge in [0, 0.05) is 21.2 Å². The quantitative estimate of drug-likeness (QED) is 0.341. The summed E-state index contributed by atoms with van der Waals surface area (Å²) in [5.74, 6) is -2.01. The van der Waals surface area contributed by atoms with Gasteiger partial charge < -0.3 is 10.2 Å². The molecule has 4 aromatic rings. The lowest BCUT2D eigenvalue weighted by Gasteiger charge is -2.27. The summed E-state index contributed by atoms with van der Waals surface area (Å²) in [5, 5.41) is 25.7. The number of benzene rings is 3. The molecule has 0 unspecified atom stereocenters. The zero-order valence-electron chi connectivity index (χ0n) is 15.7. The van der Waals surface area contributed by atoms with E-state index in [-0.39, 0.29) is 42.8 Å². The molecule has 0 fully saturated rings. The van der Waals surface area contributed by atoms with E-state index in [1.807, 2.05) is 0 Å². The molecule has 32 heavy (non-hydrogen) atoms. The first-order valence-electron chi connectivity index (χ1n) is 8.84. The van der Waals surface area contributed by atoms with Crippen molar-refractivity contribution in [3.05, 3.63) is 104 Å². The normalized spacial score (nSPS) is 11.7. The first kappa shape index (κ1) is 22.8. The summed E-state index contributed by atoms with van der Waals surface area (Å²) < 4.78 is 29.5. The summed E-state index contributed by atoms with van der Waals surface area (Å²) >= 11 is 23.9. The first-order chi connectivity index (χ1) is 15.1. The van der Waals surface area contributed by atoms with Crippen LogP contribution in [-0.4, -0.2) is 25.0 Å². The predicted molar refractivity (Wildman–Crippen MR) is 118 cm³/mol. The van der Waals surface area contributed by atoms with Gasteiger partial charge in [-0.2, -0.15) is 0 Å². The summed E-state index contributed by atoms with van der Waals surface area (Å²) in [4.78, 5) is 4.14. The molecule has 2 N–H and O–H groups in total. The van der Waals surface area contributed by atoms with Crippen LogP contribution in [0.2, 0.25) is 20.1 Å². The van der Waals surface area contributed by atoms with Gasteiger partial charge in [-0.25, -0.2) is 18.4 Å². The fraction of sp³-hybridized carbons (Fsp3) is 0.0476. The molecular weight excluding hydrogens is 506 g/mol. The van der Waals surface area contributed by atoms with Gasteiger partial charge in [0.25, 0.3) is 0 Å². The standard InChI is InChI=1S/C21H11Cl4F2N3O2/c22-12-1-10(3-14(26)5-12)21(32,11-2-13(23)6-15(27)4-11)20-28-9-30(29-20)16-7-17(24)19(31)18(25)8-16/h1-9,31-32H. The lowest BCUT2D eigenvalue weighted by molar-refractivity contribution is 0.115. The van der Waals surface area contributed by atoms with Gasteiger partial charge in [0.05, 0.1) is 15.7 Å². The minimum Gasteiger partial charge on any atom is -0.505 e. The molecule has 164 valence electrons. The first-order valence-corrected chi connectivity index (χ1v) is 10.3. The van der Waals surface area contributed by atoms with Crippen molar-refractivity contribution in [2.24, 2.45) is 0 Å². The number of halogens is 6. The number of aromatic hydroxyl groups is 1. The van der Waals surface area contributed by atoms with Crippen LogP contribution in [0.4, 0.5) is 8.78 Å². The molecule has 0 aliphatic heterocycles. The third-order valence-electron chi connectivity index (χ3n) is 4.64. The highest BCUT2D eigenvalue weighted by Gasteiger charge is 2.39. The van der Waals surface area contributed by atoms with Crippen molar-refractivity contribution in [3.8, 4) is 11.4 Å². The monoisotopic (exact) mass is 515 g/mol. The number of phenols is 1.